The Labute approximate surface area is 133 Å². The van der Waals surface area contributed by atoms with Crippen LogP contribution in [0.15, 0.2) is 42.5 Å². The zero-order chi connectivity index (χ0) is 15.9. The van der Waals surface area contributed by atoms with E-state index < -0.39 is 0 Å². The number of benzene rings is 2. The van der Waals surface area contributed by atoms with Crippen molar-refractivity contribution >= 4 is 0 Å². The van der Waals surface area contributed by atoms with Gasteiger partial charge in [-0.2, -0.15) is 5.26 Å². The molecule has 114 valence electrons. The van der Waals surface area contributed by atoms with Gasteiger partial charge < -0.3 is 4.74 Å². The number of nitrogens with zero attached hydrogens (tertiary/aromatic N) is 1. The molecule has 0 spiro atoms. The second-order valence-corrected chi connectivity index (χ2v) is 5.68. The third-order valence-corrected chi connectivity index (χ3v) is 3.95. The maximum Gasteiger partial charge on any atom is 0.119 e. The fraction of sp³-hybridized carbons (Fsp3) is 0.350. The molecule has 0 aromatic heterocycles. The van der Waals surface area contributed by atoms with E-state index in [4.69, 9.17) is 4.74 Å². The highest BCUT2D eigenvalue weighted by molar-refractivity contribution is 5.36. The minimum absolute atomic E-state index is 0.116. The first-order chi connectivity index (χ1) is 10.6. The summed E-state index contributed by atoms with van der Waals surface area (Å²) in [6.45, 7) is 6.80. The predicted molar refractivity (Wildman–Crippen MR) is 90.2 cm³/mol. The number of hydrogen-bond donors (Lipinski definition) is 0. The molecule has 2 heteroatoms. The van der Waals surface area contributed by atoms with Gasteiger partial charge in [0.2, 0.25) is 0 Å². The Balaban J connectivity index is 1.99. The van der Waals surface area contributed by atoms with Gasteiger partial charge in [-0.1, -0.05) is 42.8 Å². The molecule has 0 aliphatic rings. The van der Waals surface area contributed by atoms with Gasteiger partial charge in [0, 0.05) is 6.42 Å². The van der Waals surface area contributed by atoms with Crippen LogP contribution in [0.4, 0.5) is 0 Å². The summed E-state index contributed by atoms with van der Waals surface area (Å²) in [5, 5.41) is 9.47. The second-order valence-electron chi connectivity index (χ2n) is 5.68. The fourth-order valence-electron chi connectivity index (χ4n) is 2.57. The van der Waals surface area contributed by atoms with Crippen LogP contribution in [0.1, 0.15) is 41.5 Å². The van der Waals surface area contributed by atoms with Gasteiger partial charge in [0.1, 0.15) is 5.75 Å². The van der Waals surface area contributed by atoms with Crippen molar-refractivity contribution in [1.82, 2.24) is 0 Å². The molecule has 0 aliphatic carbocycles. The Kier molecular flexibility index (Phi) is 5.61. The average molecular weight is 293 g/mol. The number of hydrogen-bond acceptors (Lipinski definition) is 2. The molecule has 2 rings (SSSR count). The predicted octanol–water partition coefficient (Wildman–Crippen LogP) is 4.94. The summed E-state index contributed by atoms with van der Waals surface area (Å²) in [6.07, 6.45) is 1.71. The fourth-order valence-corrected chi connectivity index (χ4v) is 2.57. The molecule has 0 saturated heterocycles. The van der Waals surface area contributed by atoms with Crippen LogP contribution in [0.3, 0.4) is 0 Å². The van der Waals surface area contributed by atoms with Crippen LogP contribution < -0.4 is 4.74 Å². The smallest absolute Gasteiger partial charge is 0.119 e. The lowest BCUT2D eigenvalue weighted by Crippen LogP contribution is -2.06. The molecule has 0 bridgehead atoms. The number of rotatable bonds is 6. The van der Waals surface area contributed by atoms with Crippen LogP contribution >= 0.6 is 0 Å². The van der Waals surface area contributed by atoms with Gasteiger partial charge in [-0.25, -0.2) is 0 Å². The van der Waals surface area contributed by atoms with E-state index in [0.29, 0.717) is 13.0 Å². The van der Waals surface area contributed by atoms with Crippen molar-refractivity contribution in [2.24, 2.45) is 0 Å². The van der Waals surface area contributed by atoms with E-state index in [0.717, 1.165) is 17.7 Å². The van der Waals surface area contributed by atoms with E-state index in [1.165, 1.54) is 16.7 Å². The number of nitriles is 1. The van der Waals surface area contributed by atoms with Crippen LogP contribution in [0.5, 0.6) is 5.75 Å². The van der Waals surface area contributed by atoms with Gasteiger partial charge >= 0.3 is 0 Å². The number of ether oxygens (including phenoxy) is 1. The topological polar surface area (TPSA) is 33.0 Å². The van der Waals surface area contributed by atoms with E-state index in [1.807, 2.05) is 12.1 Å². The molecule has 22 heavy (non-hydrogen) atoms. The molecule has 1 unspecified atom stereocenters. The molecule has 0 heterocycles. The van der Waals surface area contributed by atoms with Crippen LogP contribution in [0.25, 0.3) is 0 Å². The molecule has 0 N–H and O–H groups in total. The molecule has 2 nitrogen and oxygen atoms in total. The Morgan fingerprint density at radius 3 is 2.68 bits per heavy atom. The molecule has 2 aromatic rings. The van der Waals surface area contributed by atoms with Crippen molar-refractivity contribution in [1.29, 1.82) is 5.26 Å². The van der Waals surface area contributed by atoms with E-state index in [-0.39, 0.29) is 5.92 Å². The van der Waals surface area contributed by atoms with Gasteiger partial charge in [-0.15, -0.1) is 0 Å². The lowest BCUT2D eigenvalue weighted by Gasteiger charge is -2.14. The molecule has 0 fully saturated rings. The van der Waals surface area contributed by atoms with Crippen molar-refractivity contribution < 1.29 is 4.74 Å². The highest BCUT2D eigenvalue weighted by atomic mass is 16.5. The summed E-state index contributed by atoms with van der Waals surface area (Å²) in [7, 11) is 0. The monoisotopic (exact) mass is 293 g/mol. The van der Waals surface area contributed by atoms with Crippen molar-refractivity contribution in [3.05, 3.63) is 64.7 Å². The standard InChI is InChI=1S/C20H23NO/c1-4-17-6-5-7-19(13-17)22-11-10-18(14-21)20-12-15(2)8-9-16(20)3/h5-9,12-13,18H,4,10-11H2,1-3H3. The van der Waals surface area contributed by atoms with Crippen LogP contribution in [0, 0.1) is 25.2 Å². The highest BCUT2D eigenvalue weighted by Crippen LogP contribution is 2.24. The third-order valence-electron chi connectivity index (χ3n) is 3.95. The zero-order valence-electron chi connectivity index (χ0n) is 13.6. The lowest BCUT2D eigenvalue weighted by atomic mass is 9.92. The van der Waals surface area contributed by atoms with Crippen molar-refractivity contribution in [2.45, 2.75) is 39.5 Å². The van der Waals surface area contributed by atoms with Gasteiger partial charge in [0.25, 0.3) is 0 Å². The molecule has 0 saturated carbocycles. The largest absolute Gasteiger partial charge is 0.494 e. The molecular formula is C20H23NO. The average Bonchev–Trinajstić information content (AvgIpc) is 2.54. The summed E-state index contributed by atoms with van der Waals surface area (Å²) in [4.78, 5) is 0. The quantitative estimate of drug-likeness (QED) is 0.755. The van der Waals surface area contributed by atoms with Gasteiger partial charge in [-0.05, 0) is 49.1 Å². The first kappa shape index (κ1) is 16.1. The Morgan fingerprint density at radius 1 is 1.14 bits per heavy atom. The number of aryl methyl sites for hydroxylation is 3. The first-order valence-corrected chi connectivity index (χ1v) is 7.82. The minimum atomic E-state index is -0.116. The molecule has 2 aromatic carbocycles. The van der Waals surface area contributed by atoms with Gasteiger partial charge in [-0.3, -0.25) is 0 Å². The second kappa shape index (κ2) is 7.66. The molecular weight excluding hydrogens is 270 g/mol. The summed E-state index contributed by atoms with van der Waals surface area (Å²) < 4.78 is 5.82. The van der Waals surface area contributed by atoms with Crippen LogP contribution in [-0.4, -0.2) is 6.61 Å². The summed E-state index contributed by atoms with van der Waals surface area (Å²) in [6, 6.07) is 16.8. The van der Waals surface area contributed by atoms with E-state index in [2.05, 4.69) is 57.2 Å². The highest BCUT2D eigenvalue weighted by Gasteiger charge is 2.13. The molecule has 1 atom stereocenters. The minimum Gasteiger partial charge on any atom is -0.494 e. The summed E-state index contributed by atoms with van der Waals surface area (Å²) in [5.41, 5.74) is 4.75. The SMILES string of the molecule is CCc1cccc(OCCC(C#N)c2cc(C)ccc2C)c1. The van der Waals surface area contributed by atoms with Gasteiger partial charge in [0.05, 0.1) is 18.6 Å². The Morgan fingerprint density at radius 2 is 1.95 bits per heavy atom. The van der Waals surface area contributed by atoms with Crippen molar-refractivity contribution in [2.75, 3.05) is 6.61 Å². The first-order valence-electron chi connectivity index (χ1n) is 7.82. The molecule has 0 radical (unpaired) electrons. The zero-order valence-corrected chi connectivity index (χ0v) is 13.6. The maximum atomic E-state index is 9.47. The Hall–Kier alpha value is -2.27. The van der Waals surface area contributed by atoms with Crippen LogP contribution in [0.2, 0.25) is 0 Å². The summed E-state index contributed by atoms with van der Waals surface area (Å²) in [5.74, 6) is 0.770. The van der Waals surface area contributed by atoms with E-state index >= 15 is 0 Å². The van der Waals surface area contributed by atoms with Gasteiger partial charge in [0.15, 0.2) is 0 Å². The Bertz CT molecular complexity index is 670. The summed E-state index contributed by atoms with van der Waals surface area (Å²) >= 11 is 0. The van der Waals surface area contributed by atoms with E-state index in [9.17, 15) is 5.26 Å². The van der Waals surface area contributed by atoms with Crippen molar-refractivity contribution in [3.8, 4) is 11.8 Å². The van der Waals surface area contributed by atoms with E-state index in [1.54, 1.807) is 0 Å². The molecule has 0 aliphatic heterocycles. The maximum absolute atomic E-state index is 9.47. The third kappa shape index (κ3) is 4.11. The molecule has 0 amide bonds. The normalized spacial score (nSPS) is 11.7. The lowest BCUT2D eigenvalue weighted by molar-refractivity contribution is 0.305. The van der Waals surface area contributed by atoms with Crippen LogP contribution in [-0.2, 0) is 6.42 Å². The van der Waals surface area contributed by atoms with Crippen molar-refractivity contribution in [3.63, 3.8) is 0 Å².